The van der Waals surface area contributed by atoms with Crippen molar-refractivity contribution in [2.45, 2.75) is 0 Å². The second kappa shape index (κ2) is 4.76. The van der Waals surface area contributed by atoms with Crippen LogP contribution in [0.15, 0.2) is 34.8 Å². The van der Waals surface area contributed by atoms with Gasteiger partial charge in [-0.2, -0.15) is 0 Å². The van der Waals surface area contributed by atoms with Gasteiger partial charge in [0, 0.05) is 4.47 Å². The summed E-state index contributed by atoms with van der Waals surface area (Å²) in [7, 11) is 0. The van der Waals surface area contributed by atoms with Crippen LogP contribution in [-0.4, -0.2) is 6.29 Å². The highest BCUT2D eigenvalue weighted by Gasteiger charge is 2.07. The molecule has 0 atom stereocenters. The maximum Gasteiger partial charge on any atom is 0.181 e. The second-order valence-electron chi connectivity index (χ2n) is 2.95. The Hall–Kier alpha value is -1.20. The summed E-state index contributed by atoms with van der Waals surface area (Å²) in [6, 6.07) is 7.80. The molecule has 0 fully saturated rings. The summed E-state index contributed by atoms with van der Waals surface area (Å²) in [6.45, 7) is 0. The predicted molar refractivity (Wildman–Crippen MR) is 63.9 cm³/mol. The third-order valence-electron chi connectivity index (χ3n) is 1.82. The Kier molecular flexibility index (Phi) is 3.36. The molecule has 0 N–H and O–H groups in total. The molecule has 0 bridgehead atoms. The SMILES string of the molecule is O=Cc1ccc(Oc2ccc(Br)cc2F)s1. The second-order valence-corrected chi connectivity index (χ2v) is 4.95. The average Bonchev–Trinajstić information content (AvgIpc) is 2.70. The molecule has 0 unspecified atom stereocenters. The van der Waals surface area contributed by atoms with E-state index < -0.39 is 5.82 Å². The standard InChI is InChI=1S/C11H6BrFO2S/c12-7-1-3-10(9(13)5-7)15-11-4-2-8(6-14)16-11/h1-6H. The van der Waals surface area contributed by atoms with Gasteiger partial charge in [-0.1, -0.05) is 27.3 Å². The minimum Gasteiger partial charge on any atom is -0.444 e. The van der Waals surface area contributed by atoms with Gasteiger partial charge in [-0.15, -0.1) is 0 Å². The molecule has 5 heteroatoms. The third-order valence-corrected chi connectivity index (χ3v) is 3.20. The van der Waals surface area contributed by atoms with Crippen LogP contribution < -0.4 is 4.74 Å². The number of carbonyl (C=O) groups excluding carboxylic acids is 1. The van der Waals surface area contributed by atoms with Crippen molar-refractivity contribution in [1.29, 1.82) is 0 Å². The molecule has 2 aromatic rings. The molecule has 1 aromatic carbocycles. The number of hydrogen-bond donors (Lipinski definition) is 0. The summed E-state index contributed by atoms with van der Waals surface area (Å²) < 4.78 is 19.4. The van der Waals surface area contributed by atoms with Gasteiger partial charge in [-0.25, -0.2) is 4.39 Å². The first kappa shape index (κ1) is 11.3. The van der Waals surface area contributed by atoms with Crippen molar-refractivity contribution in [2.75, 3.05) is 0 Å². The molecule has 0 saturated carbocycles. The Morgan fingerprint density at radius 3 is 2.75 bits per heavy atom. The van der Waals surface area contributed by atoms with Gasteiger partial charge in [0.25, 0.3) is 0 Å². The first-order chi connectivity index (χ1) is 7.69. The van der Waals surface area contributed by atoms with Crippen molar-refractivity contribution in [3.63, 3.8) is 0 Å². The summed E-state index contributed by atoms with van der Waals surface area (Å²) in [4.78, 5) is 11.0. The van der Waals surface area contributed by atoms with E-state index in [-0.39, 0.29) is 5.75 Å². The maximum atomic E-state index is 13.4. The van der Waals surface area contributed by atoms with Crippen LogP contribution >= 0.6 is 27.3 Å². The molecule has 0 spiro atoms. The molecule has 16 heavy (non-hydrogen) atoms. The fraction of sp³-hybridized carbons (Fsp3) is 0. The fourth-order valence-corrected chi connectivity index (χ4v) is 2.14. The zero-order valence-electron chi connectivity index (χ0n) is 7.94. The van der Waals surface area contributed by atoms with Crippen molar-refractivity contribution in [2.24, 2.45) is 0 Å². The molecule has 0 amide bonds. The summed E-state index contributed by atoms with van der Waals surface area (Å²) in [6.07, 6.45) is 0.732. The van der Waals surface area contributed by atoms with Crippen molar-refractivity contribution in [1.82, 2.24) is 0 Å². The quantitative estimate of drug-likeness (QED) is 0.792. The van der Waals surface area contributed by atoms with Crippen molar-refractivity contribution in [3.05, 3.63) is 45.5 Å². The van der Waals surface area contributed by atoms with Crippen LogP contribution in [-0.2, 0) is 0 Å². The predicted octanol–water partition coefficient (Wildman–Crippen LogP) is 4.25. The summed E-state index contributed by atoms with van der Waals surface area (Å²) in [5.41, 5.74) is 0. The van der Waals surface area contributed by atoms with E-state index in [1.165, 1.54) is 23.5 Å². The molecule has 0 radical (unpaired) electrons. The highest BCUT2D eigenvalue weighted by Crippen LogP contribution is 2.31. The fourth-order valence-electron chi connectivity index (χ4n) is 1.12. The molecule has 82 valence electrons. The summed E-state index contributed by atoms with van der Waals surface area (Å²) in [5.74, 6) is -0.307. The number of aldehydes is 1. The largest absolute Gasteiger partial charge is 0.444 e. The van der Waals surface area contributed by atoms with Gasteiger partial charge >= 0.3 is 0 Å². The van der Waals surface area contributed by atoms with Crippen molar-refractivity contribution in [3.8, 4) is 10.8 Å². The van der Waals surface area contributed by atoms with Crippen LogP contribution in [0.2, 0.25) is 0 Å². The van der Waals surface area contributed by atoms with E-state index in [4.69, 9.17) is 4.74 Å². The molecule has 1 heterocycles. The Bertz CT molecular complexity index is 524. The smallest absolute Gasteiger partial charge is 0.181 e. The molecular formula is C11H6BrFO2S. The van der Waals surface area contributed by atoms with Crippen LogP contribution in [0.3, 0.4) is 0 Å². The molecule has 0 aliphatic heterocycles. The topological polar surface area (TPSA) is 26.3 Å². The van der Waals surface area contributed by atoms with Gasteiger partial charge in [0.05, 0.1) is 4.88 Å². The van der Waals surface area contributed by atoms with E-state index >= 15 is 0 Å². The number of carbonyl (C=O) groups is 1. The van der Waals surface area contributed by atoms with Gasteiger partial charge in [0.15, 0.2) is 22.9 Å². The zero-order valence-corrected chi connectivity index (χ0v) is 10.3. The molecule has 1 aromatic heterocycles. The van der Waals surface area contributed by atoms with E-state index in [0.717, 1.165) is 6.29 Å². The molecule has 0 aliphatic rings. The van der Waals surface area contributed by atoms with Crippen LogP contribution in [0.4, 0.5) is 4.39 Å². The van der Waals surface area contributed by atoms with Crippen LogP contribution in [0.5, 0.6) is 10.8 Å². The minimum atomic E-state index is -0.449. The number of benzene rings is 1. The van der Waals surface area contributed by atoms with Gasteiger partial charge < -0.3 is 4.74 Å². The first-order valence-electron chi connectivity index (χ1n) is 4.37. The zero-order chi connectivity index (χ0) is 11.5. The van der Waals surface area contributed by atoms with Crippen LogP contribution in [0, 0.1) is 5.82 Å². The molecule has 0 saturated heterocycles. The Balaban J connectivity index is 2.23. The van der Waals surface area contributed by atoms with Crippen LogP contribution in [0.25, 0.3) is 0 Å². The average molecular weight is 301 g/mol. The lowest BCUT2D eigenvalue weighted by Crippen LogP contribution is -1.85. The Morgan fingerprint density at radius 2 is 2.12 bits per heavy atom. The van der Waals surface area contributed by atoms with Crippen molar-refractivity contribution < 1.29 is 13.9 Å². The number of ether oxygens (including phenoxy) is 1. The molecule has 0 aliphatic carbocycles. The van der Waals surface area contributed by atoms with Gasteiger partial charge in [-0.05, 0) is 30.3 Å². The first-order valence-corrected chi connectivity index (χ1v) is 5.98. The minimum absolute atomic E-state index is 0.141. The summed E-state index contributed by atoms with van der Waals surface area (Å²) in [5, 5.41) is 0.489. The number of hydrogen-bond acceptors (Lipinski definition) is 3. The highest BCUT2D eigenvalue weighted by molar-refractivity contribution is 9.10. The lowest BCUT2D eigenvalue weighted by Gasteiger charge is -2.03. The Labute approximate surface area is 104 Å². The lowest BCUT2D eigenvalue weighted by atomic mass is 10.3. The monoisotopic (exact) mass is 300 g/mol. The normalized spacial score (nSPS) is 10.1. The third kappa shape index (κ3) is 2.48. The number of halogens is 2. The van der Waals surface area contributed by atoms with E-state index in [1.807, 2.05) is 0 Å². The van der Waals surface area contributed by atoms with E-state index in [2.05, 4.69) is 15.9 Å². The van der Waals surface area contributed by atoms with Crippen LogP contribution in [0.1, 0.15) is 9.67 Å². The van der Waals surface area contributed by atoms with Gasteiger partial charge in [-0.3, -0.25) is 4.79 Å². The molecule has 2 rings (SSSR count). The summed E-state index contributed by atoms with van der Waals surface area (Å²) >= 11 is 4.33. The Morgan fingerprint density at radius 1 is 1.31 bits per heavy atom. The number of thiophene rings is 1. The maximum absolute atomic E-state index is 13.4. The highest BCUT2D eigenvalue weighted by atomic mass is 79.9. The molecule has 2 nitrogen and oxygen atoms in total. The van der Waals surface area contributed by atoms with Gasteiger partial charge in [0.2, 0.25) is 0 Å². The molecular weight excluding hydrogens is 295 g/mol. The van der Waals surface area contributed by atoms with Crippen molar-refractivity contribution >= 4 is 33.6 Å². The van der Waals surface area contributed by atoms with E-state index in [0.29, 0.717) is 14.4 Å². The van der Waals surface area contributed by atoms with Gasteiger partial charge in [0.1, 0.15) is 0 Å². The lowest BCUT2D eigenvalue weighted by molar-refractivity contribution is 0.112. The number of rotatable bonds is 3. The van der Waals surface area contributed by atoms with E-state index in [9.17, 15) is 9.18 Å². The van der Waals surface area contributed by atoms with E-state index in [1.54, 1.807) is 18.2 Å².